The van der Waals surface area contributed by atoms with Crippen LogP contribution in [-0.4, -0.2) is 18.9 Å². The summed E-state index contributed by atoms with van der Waals surface area (Å²) in [4.78, 5) is 11.2. The second-order valence-electron chi connectivity index (χ2n) is 4.21. The number of hydrogen-bond donors (Lipinski definition) is 1. The molecule has 0 unspecified atom stereocenters. The van der Waals surface area contributed by atoms with Crippen LogP contribution in [0.25, 0.3) is 6.08 Å². The van der Waals surface area contributed by atoms with E-state index in [1.54, 1.807) is 0 Å². The normalized spacial score (nSPS) is 11.4. The maximum atomic E-state index is 11.2. The number of hydrogen-bond acceptors (Lipinski definition) is 3. The van der Waals surface area contributed by atoms with E-state index < -0.39 is 6.09 Å². The molecule has 0 spiro atoms. The van der Waals surface area contributed by atoms with E-state index >= 15 is 0 Å². The number of nitrogens with one attached hydrogen (secondary N) is 1. The van der Waals surface area contributed by atoms with Crippen LogP contribution in [0.3, 0.4) is 0 Å². The average molecular weight is 280 g/mol. The van der Waals surface area contributed by atoms with Gasteiger partial charge < -0.3 is 4.74 Å². The van der Waals surface area contributed by atoms with Gasteiger partial charge in [-0.15, -0.1) is 0 Å². The molecule has 4 nitrogen and oxygen atoms in total. The van der Waals surface area contributed by atoms with E-state index in [1.165, 1.54) is 7.11 Å². The Morgan fingerprint density at radius 3 is 2.29 bits per heavy atom. The molecule has 106 valence electrons. The molecule has 0 atom stereocenters. The van der Waals surface area contributed by atoms with Crippen LogP contribution >= 0.6 is 0 Å². The Bertz CT molecular complexity index is 634. The fraction of sp³-hybridized carbons (Fsp3) is 0.0588. The van der Waals surface area contributed by atoms with Crippen LogP contribution in [-0.2, 0) is 4.74 Å². The lowest BCUT2D eigenvalue weighted by Crippen LogP contribution is -2.19. The lowest BCUT2D eigenvalue weighted by atomic mass is 10.1. The van der Waals surface area contributed by atoms with E-state index in [1.807, 2.05) is 72.8 Å². The number of rotatable bonds is 4. The molecule has 2 rings (SSSR count). The zero-order valence-electron chi connectivity index (χ0n) is 11.7. The second-order valence-corrected chi connectivity index (χ2v) is 4.21. The summed E-state index contributed by atoms with van der Waals surface area (Å²) in [5.41, 5.74) is 4.94. The van der Waals surface area contributed by atoms with Crippen LogP contribution in [0, 0.1) is 0 Å². The summed E-state index contributed by atoms with van der Waals surface area (Å²) in [6.45, 7) is 0. The first-order valence-corrected chi connectivity index (χ1v) is 6.50. The van der Waals surface area contributed by atoms with E-state index in [0.29, 0.717) is 5.71 Å². The van der Waals surface area contributed by atoms with Crippen LogP contribution in [0.1, 0.15) is 11.1 Å². The first kappa shape index (κ1) is 14.5. The summed E-state index contributed by atoms with van der Waals surface area (Å²) < 4.78 is 4.52. The molecule has 2 aromatic carbocycles. The van der Waals surface area contributed by atoms with Crippen molar-refractivity contribution in [3.05, 3.63) is 77.9 Å². The predicted molar refractivity (Wildman–Crippen MR) is 84.0 cm³/mol. The van der Waals surface area contributed by atoms with E-state index in [4.69, 9.17) is 0 Å². The number of nitrogens with zero attached hydrogens (tertiary/aromatic N) is 1. The minimum absolute atomic E-state index is 0.600. The van der Waals surface area contributed by atoms with Crippen molar-refractivity contribution < 1.29 is 9.53 Å². The van der Waals surface area contributed by atoms with Crippen LogP contribution in [0.2, 0.25) is 0 Å². The van der Waals surface area contributed by atoms with E-state index in [9.17, 15) is 4.79 Å². The molecule has 0 aliphatic heterocycles. The third-order valence-corrected chi connectivity index (χ3v) is 2.76. The zero-order valence-corrected chi connectivity index (χ0v) is 11.7. The molecule has 0 fully saturated rings. The topological polar surface area (TPSA) is 50.7 Å². The SMILES string of the molecule is COC(=O)N/N=C(\C=C\c1ccccc1)c1ccccc1. The number of carbonyl (C=O) groups excluding carboxylic acids is 1. The molecule has 4 heteroatoms. The first-order chi connectivity index (χ1) is 10.3. The van der Waals surface area contributed by atoms with Gasteiger partial charge in [0.2, 0.25) is 0 Å². The van der Waals surface area contributed by atoms with Gasteiger partial charge in [-0.05, 0) is 11.6 Å². The summed E-state index contributed by atoms with van der Waals surface area (Å²) >= 11 is 0. The van der Waals surface area contributed by atoms with Crippen molar-refractivity contribution in [3.8, 4) is 0 Å². The third-order valence-electron chi connectivity index (χ3n) is 2.76. The minimum Gasteiger partial charge on any atom is -0.452 e. The quantitative estimate of drug-likeness (QED) is 0.688. The molecule has 1 N–H and O–H groups in total. The second kappa shape index (κ2) is 7.65. The summed E-state index contributed by atoms with van der Waals surface area (Å²) in [5, 5.41) is 4.09. The Kier molecular flexibility index (Phi) is 5.29. The number of hydrazone groups is 1. The number of allylic oxidation sites excluding steroid dienone is 1. The van der Waals surface area contributed by atoms with Gasteiger partial charge in [-0.2, -0.15) is 5.10 Å². The molecular formula is C17H16N2O2. The van der Waals surface area contributed by atoms with Crippen molar-refractivity contribution in [1.29, 1.82) is 0 Å². The van der Waals surface area contributed by atoms with Crippen molar-refractivity contribution >= 4 is 17.9 Å². The molecule has 0 heterocycles. The minimum atomic E-state index is -0.600. The summed E-state index contributed by atoms with van der Waals surface area (Å²) in [5.74, 6) is 0. The number of carbonyl (C=O) groups is 1. The van der Waals surface area contributed by atoms with Gasteiger partial charge in [-0.1, -0.05) is 66.7 Å². The molecule has 0 bridgehead atoms. The van der Waals surface area contributed by atoms with E-state index in [-0.39, 0.29) is 0 Å². The third kappa shape index (κ3) is 4.62. The van der Waals surface area contributed by atoms with Gasteiger partial charge in [0.1, 0.15) is 0 Å². The van der Waals surface area contributed by atoms with Crippen LogP contribution in [0.15, 0.2) is 71.8 Å². The molecule has 0 aliphatic carbocycles. The van der Waals surface area contributed by atoms with Gasteiger partial charge >= 0.3 is 6.09 Å². The Balaban J connectivity index is 2.24. The molecule has 1 amide bonds. The Labute approximate surface area is 123 Å². The molecule has 0 aromatic heterocycles. The summed E-state index contributed by atoms with van der Waals surface area (Å²) in [6.07, 6.45) is 3.18. The van der Waals surface area contributed by atoms with Gasteiger partial charge in [0.15, 0.2) is 0 Å². The fourth-order valence-electron chi connectivity index (χ4n) is 1.70. The highest BCUT2D eigenvalue weighted by molar-refractivity contribution is 6.10. The fourth-order valence-corrected chi connectivity index (χ4v) is 1.70. The van der Waals surface area contributed by atoms with Gasteiger partial charge in [-0.3, -0.25) is 0 Å². The van der Waals surface area contributed by atoms with Gasteiger partial charge in [0, 0.05) is 5.56 Å². The lowest BCUT2D eigenvalue weighted by Gasteiger charge is -2.03. The standard InChI is InChI=1S/C17H16N2O2/c1-21-17(20)19-18-16(15-10-6-3-7-11-15)13-12-14-8-4-2-5-9-14/h2-13H,1H3,(H,19,20)/b13-12+,18-16+. The first-order valence-electron chi connectivity index (χ1n) is 6.50. The molecule has 0 saturated heterocycles. The lowest BCUT2D eigenvalue weighted by molar-refractivity contribution is 0.171. The van der Waals surface area contributed by atoms with E-state index in [2.05, 4.69) is 15.3 Å². The van der Waals surface area contributed by atoms with Gasteiger partial charge in [-0.25, -0.2) is 10.2 Å². The molecular weight excluding hydrogens is 264 g/mol. The van der Waals surface area contributed by atoms with Gasteiger partial charge in [0.05, 0.1) is 12.8 Å². The van der Waals surface area contributed by atoms with Crippen molar-refractivity contribution in [2.24, 2.45) is 5.10 Å². The summed E-state index contributed by atoms with van der Waals surface area (Å²) in [6, 6.07) is 19.5. The molecule has 0 saturated carbocycles. The summed E-state index contributed by atoms with van der Waals surface area (Å²) in [7, 11) is 1.30. The highest BCUT2D eigenvalue weighted by Gasteiger charge is 2.01. The molecule has 2 aromatic rings. The Morgan fingerprint density at radius 2 is 1.67 bits per heavy atom. The highest BCUT2D eigenvalue weighted by Crippen LogP contribution is 2.06. The molecule has 21 heavy (non-hydrogen) atoms. The Morgan fingerprint density at radius 1 is 1.05 bits per heavy atom. The Hall–Kier alpha value is -2.88. The maximum absolute atomic E-state index is 11.2. The van der Waals surface area contributed by atoms with Crippen molar-refractivity contribution in [1.82, 2.24) is 5.43 Å². The number of ether oxygens (including phenoxy) is 1. The van der Waals surface area contributed by atoms with Crippen molar-refractivity contribution in [2.45, 2.75) is 0 Å². The maximum Gasteiger partial charge on any atom is 0.427 e. The van der Waals surface area contributed by atoms with Crippen LogP contribution < -0.4 is 5.43 Å². The van der Waals surface area contributed by atoms with Crippen LogP contribution in [0.5, 0.6) is 0 Å². The largest absolute Gasteiger partial charge is 0.452 e. The molecule has 0 radical (unpaired) electrons. The highest BCUT2D eigenvalue weighted by atomic mass is 16.5. The predicted octanol–water partition coefficient (Wildman–Crippen LogP) is 3.46. The molecule has 0 aliphatic rings. The van der Waals surface area contributed by atoms with Crippen molar-refractivity contribution in [2.75, 3.05) is 7.11 Å². The smallest absolute Gasteiger partial charge is 0.427 e. The number of amides is 1. The monoisotopic (exact) mass is 280 g/mol. The van der Waals surface area contributed by atoms with E-state index in [0.717, 1.165) is 11.1 Å². The number of methoxy groups -OCH3 is 1. The van der Waals surface area contributed by atoms with Crippen molar-refractivity contribution in [3.63, 3.8) is 0 Å². The van der Waals surface area contributed by atoms with Crippen LogP contribution in [0.4, 0.5) is 4.79 Å². The zero-order chi connectivity index (χ0) is 14.9. The number of benzene rings is 2. The van der Waals surface area contributed by atoms with Gasteiger partial charge in [0.25, 0.3) is 0 Å². The average Bonchev–Trinajstić information content (AvgIpc) is 2.56.